The van der Waals surface area contributed by atoms with E-state index in [2.05, 4.69) is 15.3 Å². The van der Waals surface area contributed by atoms with Gasteiger partial charge >= 0.3 is 0 Å². The first kappa shape index (κ1) is 7.30. The van der Waals surface area contributed by atoms with E-state index in [0.29, 0.717) is 0 Å². The fourth-order valence-corrected chi connectivity index (χ4v) is 1.17. The van der Waals surface area contributed by atoms with Gasteiger partial charge in [0, 0.05) is 12.7 Å². The molecule has 0 saturated carbocycles. The zero-order chi connectivity index (χ0) is 8.39. The van der Waals surface area contributed by atoms with Crippen molar-refractivity contribution in [3.63, 3.8) is 0 Å². The Morgan fingerprint density at radius 3 is 3.25 bits per heavy atom. The number of nitrogens with two attached hydrogens (primary N) is 1. The largest absolute Gasteiger partial charge is 0.354 e. The number of nitrogens with zero attached hydrogens (tertiary/aromatic N) is 3. The van der Waals surface area contributed by atoms with Gasteiger partial charge in [-0.15, -0.1) is 0 Å². The molecule has 12 heavy (non-hydrogen) atoms. The van der Waals surface area contributed by atoms with E-state index in [1.54, 1.807) is 12.5 Å². The minimum atomic E-state index is -0.146. The summed E-state index contributed by atoms with van der Waals surface area (Å²) < 4.78 is 0. The van der Waals surface area contributed by atoms with Gasteiger partial charge in [-0.05, 0) is 6.08 Å². The third-order valence-electron chi connectivity index (χ3n) is 1.78. The van der Waals surface area contributed by atoms with Gasteiger partial charge in [0.2, 0.25) is 5.96 Å². The summed E-state index contributed by atoms with van der Waals surface area (Å²) in [5.74, 6) is 0.815. The molecule has 0 aromatic rings. The Morgan fingerprint density at radius 2 is 2.58 bits per heavy atom. The van der Waals surface area contributed by atoms with E-state index in [0.717, 1.165) is 19.0 Å². The lowest BCUT2D eigenvalue weighted by molar-refractivity contribution is 0.516. The van der Waals surface area contributed by atoms with Crippen LogP contribution < -0.4 is 11.1 Å². The lowest BCUT2D eigenvalue weighted by Crippen LogP contribution is -2.48. The van der Waals surface area contributed by atoms with Crippen LogP contribution in [0, 0.1) is 0 Å². The molecule has 0 bridgehead atoms. The Hall–Kier alpha value is -1.36. The molecule has 3 N–H and O–H groups in total. The van der Waals surface area contributed by atoms with Crippen LogP contribution in [-0.2, 0) is 0 Å². The maximum Gasteiger partial charge on any atom is 0.200 e. The highest BCUT2D eigenvalue weighted by Gasteiger charge is 2.18. The van der Waals surface area contributed by atoms with Crippen LogP contribution in [0.1, 0.15) is 0 Å². The molecule has 1 unspecified atom stereocenters. The molecule has 2 rings (SSSR count). The van der Waals surface area contributed by atoms with Crippen LogP contribution in [0.5, 0.6) is 0 Å². The van der Waals surface area contributed by atoms with Crippen LogP contribution in [0.3, 0.4) is 0 Å². The van der Waals surface area contributed by atoms with Crippen LogP contribution in [0.15, 0.2) is 22.3 Å². The minimum Gasteiger partial charge on any atom is -0.354 e. The molecule has 2 heterocycles. The van der Waals surface area contributed by atoms with Crippen molar-refractivity contribution in [3.8, 4) is 0 Å². The summed E-state index contributed by atoms with van der Waals surface area (Å²) in [6, 6.07) is 0. The number of nitrogens with one attached hydrogen (secondary N) is 1. The molecule has 2 aliphatic rings. The van der Waals surface area contributed by atoms with Crippen LogP contribution in [0.4, 0.5) is 0 Å². The van der Waals surface area contributed by atoms with E-state index in [1.807, 2.05) is 11.0 Å². The second-order valence-electron chi connectivity index (χ2n) is 2.64. The lowest BCUT2D eigenvalue weighted by Gasteiger charge is -2.25. The molecule has 0 fully saturated rings. The van der Waals surface area contributed by atoms with Crippen molar-refractivity contribution in [1.29, 1.82) is 0 Å². The lowest BCUT2D eigenvalue weighted by atomic mass is 10.4. The van der Waals surface area contributed by atoms with Crippen LogP contribution in [-0.4, -0.2) is 36.5 Å². The van der Waals surface area contributed by atoms with E-state index in [4.69, 9.17) is 5.73 Å². The smallest absolute Gasteiger partial charge is 0.200 e. The van der Waals surface area contributed by atoms with Gasteiger partial charge in [0.1, 0.15) is 6.17 Å². The van der Waals surface area contributed by atoms with Crippen LogP contribution >= 0.6 is 0 Å². The van der Waals surface area contributed by atoms with Crippen molar-refractivity contribution < 1.29 is 0 Å². The Bertz CT molecular complexity index is 255. The highest BCUT2D eigenvalue weighted by molar-refractivity contribution is 5.92. The number of hydrogen-bond acceptors (Lipinski definition) is 5. The molecule has 5 heteroatoms. The molecule has 0 saturated heterocycles. The number of aliphatic imine (C=N–C) groups is 2. The van der Waals surface area contributed by atoms with Gasteiger partial charge in [-0.3, -0.25) is 9.89 Å². The highest BCUT2D eigenvalue weighted by atomic mass is 15.4. The fraction of sp³-hybridized carbons (Fsp3) is 0.429. The normalized spacial score (nSPS) is 27.2. The number of guanidine groups is 1. The second kappa shape index (κ2) is 2.94. The maximum absolute atomic E-state index is 5.79. The van der Waals surface area contributed by atoms with Gasteiger partial charge in [0.05, 0.1) is 12.9 Å². The van der Waals surface area contributed by atoms with Gasteiger partial charge in [-0.1, -0.05) is 0 Å². The van der Waals surface area contributed by atoms with Gasteiger partial charge in [-0.2, -0.15) is 0 Å². The monoisotopic (exact) mass is 165 g/mol. The standard InChI is InChI=1S/C7H11N5/c8-6-1-2-9-5-12(6)7-10-3-4-11-7/h1-2,5-6H,3-4,8H2,(H,10,11). The van der Waals surface area contributed by atoms with Crippen LogP contribution in [0.25, 0.3) is 0 Å². The van der Waals surface area contributed by atoms with Crippen molar-refractivity contribution in [2.45, 2.75) is 6.17 Å². The molecule has 64 valence electrons. The van der Waals surface area contributed by atoms with Crippen molar-refractivity contribution in [2.24, 2.45) is 15.7 Å². The van der Waals surface area contributed by atoms with Crippen molar-refractivity contribution >= 4 is 12.3 Å². The Balaban J connectivity index is 2.12. The van der Waals surface area contributed by atoms with Gasteiger partial charge in [0.25, 0.3) is 0 Å². The summed E-state index contributed by atoms with van der Waals surface area (Å²) in [6.45, 7) is 1.70. The highest BCUT2D eigenvalue weighted by Crippen LogP contribution is 2.01. The van der Waals surface area contributed by atoms with Gasteiger partial charge in [-0.25, -0.2) is 4.99 Å². The first-order valence-electron chi connectivity index (χ1n) is 3.90. The predicted molar refractivity (Wildman–Crippen MR) is 47.8 cm³/mol. The summed E-state index contributed by atoms with van der Waals surface area (Å²) in [7, 11) is 0. The zero-order valence-electron chi connectivity index (χ0n) is 6.64. The molecule has 0 spiro atoms. The van der Waals surface area contributed by atoms with E-state index in [-0.39, 0.29) is 6.17 Å². The first-order valence-corrected chi connectivity index (χ1v) is 3.90. The molecule has 5 nitrogen and oxygen atoms in total. The van der Waals surface area contributed by atoms with E-state index in [9.17, 15) is 0 Å². The molecular formula is C7H11N5. The molecule has 2 aliphatic heterocycles. The van der Waals surface area contributed by atoms with Gasteiger partial charge in [0.15, 0.2) is 0 Å². The summed E-state index contributed by atoms with van der Waals surface area (Å²) in [5, 5.41) is 3.13. The van der Waals surface area contributed by atoms with E-state index in [1.165, 1.54) is 0 Å². The van der Waals surface area contributed by atoms with Gasteiger partial charge < -0.3 is 11.1 Å². The average molecular weight is 165 g/mol. The molecule has 0 amide bonds. The zero-order valence-corrected chi connectivity index (χ0v) is 6.64. The molecule has 0 aliphatic carbocycles. The second-order valence-corrected chi connectivity index (χ2v) is 2.64. The minimum absolute atomic E-state index is 0.146. The van der Waals surface area contributed by atoms with Crippen molar-refractivity contribution in [1.82, 2.24) is 10.2 Å². The summed E-state index contributed by atoms with van der Waals surface area (Å²) >= 11 is 0. The Kier molecular flexibility index (Phi) is 1.79. The Morgan fingerprint density at radius 1 is 1.67 bits per heavy atom. The fourth-order valence-electron chi connectivity index (χ4n) is 1.17. The number of rotatable bonds is 0. The predicted octanol–water partition coefficient (Wildman–Crippen LogP) is -0.912. The van der Waals surface area contributed by atoms with Crippen molar-refractivity contribution in [3.05, 3.63) is 12.3 Å². The maximum atomic E-state index is 5.79. The molecule has 0 aromatic heterocycles. The molecular weight excluding hydrogens is 154 g/mol. The third-order valence-corrected chi connectivity index (χ3v) is 1.78. The average Bonchev–Trinajstić information content (AvgIpc) is 2.57. The van der Waals surface area contributed by atoms with Crippen molar-refractivity contribution in [2.75, 3.05) is 13.1 Å². The topological polar surface area (TPSA) is 66.0 Å². The summed E-state index contributed by atoms with van der Waals surface area (Å²) in [6.07, 6.45) is 5.05. The third kappa shape index (κ3) is 1.18. The van der Waals surface area contributed by atoms with E-state index < -0.39 is 0 Å². The summed E-state index contributed by atoms with van der Waals surface area (Å²) in [5.41, 5.74) is 5.79. The quantitative estimate of drug-likeness (QED) is 0.488. The van der Waals surface area contributed by atoms with Crippen LogP contribution in [0.2, 0.25) is 0 Å². The first-order chi connectivity index (χ1) is 5.88. The molecule has 1 atom stereocenters. The number of hydrogen-bond donors (Lipinski definition) is 2. The summed E-state index contributed by atoms with van der Waals surface area (Å²) in [4.78, 5) is 10.0. The van der Waals surface area contributed by atoms with E-state index >= 15 is 0 Å². The SMILES string of the molecule is NC1C=CN=CN1C1=NCCN1. The Labute approximate surface area is 70.7 Å². The molecule has 0 aromatic carbocycles. The molecule has 0 radical (unpaired) electrons.